The third-order valence-electron chi connectivity index (χ3n) is 3.59. The van der Waals surface area contributed by atoms with E-state index in [1.807, 2.05) is 0 Å². The summed E-state index contributed by atoms with van der Waals surface area (Å²) in [6.45, 7) is 2.65. The summed E-state index contributed by atoms with van der Waals surface area (Å²) in [6, 6.07) is 0. The molecule has 0 amide bonds. The van der Waals surface area contributed by atoms with Crippen LogP contribution in [-0.4, -0.2) is 23.2 Å². The summed E-state index contributed by atoms with van der Waals surface area (Å²) in [5, 5.41) is 8.67. The molecule has 19 heavy (non-hydrogen) atoms. The van der Waals surface area contributed by atoms with Crippen LogP contribution in [0.15, 0.2) is 0 Å². The van der Waals surface area contributed by atoms with Crippen molar-refractivity contribution < 1.29 is 5.11 Å². The van der Waals surface area contributed by atoms with Crippen molar-refractivity contribution in [3.05, 3.63) is 0 Å². The van der Waals surface area contributed by atoms with Crippen molar-refractivity contribution in [2.45, 2.75) is 90.4 Å². The fraction of sp³-hybridized carbons (Fsp3) is 1.00. The van der Waals surface area contributed by atoms with E-state index >= 15 is 0 Å². The Morgan fingerprint density at radius 3 is 1.47 bits per heavy atom. The Morgan fingerprint density at radius 1 is 0.579 bits per heavy atom. The molecule has 0 aromatic carbocycles. The number of rotatable bonds is 16. The van der Waals surface area contributed by atoms with E-state index in [9.17, 15) is 0 Å². The van der Waals surface area contributed by atoms with Crippen LogP contribution in [-0.2, 0) is 0 Å². The highest BCUT2D eigenvalue weighted by Gasteiger charge is 1.94. The van der Waals surface area contributed by atoms with Crippen molar-refractivity contribution in [1.29, 1.82) is 0 Å². The summed E-state index contributed by atoms with van der Waals surface area (Å²) < 4.78 is 0. The van der Waals surface area contributed by atoms with Gasteiger partial charge in [-0.2, -0.15) is 11.8 Å². The zero-order valence-electron chi connectivity index (χ0n) is 13.2. The lowest BCUT2D eigenvalue weighted by molar-refractivity contribution is 0.282. The number of thioether (sulfide) groups is 1. The van der Waals surface area contributed by atoms with E-state index in [2.05, 4.69) is 18.7 Å². The van der Waals surface area contributed by atoms with Crippen LogP contribution >= 0.6 is 11.8 Å². The lowest BCUT2D eigenvalue weighted by atomic mass is 10.1. The van der Waals surface area contributed by atoms with E-state index in [1.165, 1.54) is 88.6 Å². The molecule has 0 aliphatic carbocycles. The Labute approximate surface area is 125 Å². The SMILES string of the molecule is CCCCCCCCCSCCCCCCCCO. The van der Waals surface area contributed by atoms with Crippen LogP contribution in [0.25, 0.3) is 0 Å². The highest BCUT2D eigenvalue weighted by Crippen LogP contribution is 2.13. The zero-order valence-corrected chi connectivity index (χ0v) is 14.0. The normalized spacial score (nSPS) is 11.1. The highest BCUT2D eigenvalue weighted by atomic mass is 32.2. The van der Waals surface area contributed by atoms with Crippen molar-refractivity contribution in [2.24, 2.45) is 0 Å². The molecular weight excluding hydrogens is 252 g/mol. The molecule has 0 fully saturated rings. The van der Waals surface area contributed by atoms with E-state index in [-0.39, 0.29) is 0 Å². The van der Waals surface area contributed by atoms with E-state index in [0.29, 0.717) is 6.61 Å². The molecule has 2 heteroatoms. The predicted octanol–water partition coefficient (Wildman–Crippen LogP) is 5.80. The molecule has 0 aliphatic rings. The summed E-state index contributed by atoms with van der Waals surface area (Å²) in [7, 11) is 0. The van der Waals surface area contributed by atoms with Gasteiger partial charge < -0.3 is 5.11 Å². The third kappa shape index (κ3) is 18.3. The van der Waals surface area contributed by atoms with Gasteiger partial charge in [-0.05, 0) is 30.8 Å². The Kier molecular flexibility index (Phi) is 18.6. The van der Waals surface area contributed by atoms with Crippen LogP contribution < -0.4 is 0 Å². The molecule has 0 saturated carbocycles. The number of hydrogen-bond donors (Lipinski definition) is 1. The van der Waals surface area contributed by atoms with Crippen LogP contribution in [0, 0.1) is 0 Å². The molecule has 0 atom stereocenters. The van der Waals surface area contributed by atoms with Crippen molar-refractivity contribution in [1.82, 2.24) is 0 Å². The minimum Gasteiger partial charge on any atom is -0.396 e. The lowest BCUT2D eigenvalue weighted by Crippen LogP contribution is -1.87. The second-order valence-corrected chi connectivity index (χ2v) is 6.80. The van der Waals surface area contributed by atoms with Gasteiger partial charge in [-0.15, -0.1) is 0 Å². The maximum atomic E-state index is 8.67. The Bertz CT molecular complexity index is 134. The van der Waals surface area contributed by atoms with E-state index in [0.717, 1.165) is 6.42 Å². The van der Waals surface area contributed by atoms with E-state index in [1.54, 1.807) is 0 Å². The Morgan fingerprint density at radius 2 is 1.00 bits per heavy atom. The molecule has 116 valence electrons. The second-order valence-electron chi connectivity index (χ2n) is 5.58. The largest absolute Gasteiger partial charge is 0.396 e. The molecular formula is C17H36OS. The summed E-state index contributed by atoms with van der Waals surface area (Å²) in [6.07, 6.45) is 17.6. The average molecular weight is 289 g/mol. The van der Waals surface area contributed by atoms with Gasteiger partial charge in [-0.25, -0.2) is 0 Å². The minimum atomic E-state index is 0.369. The first-order valence-corrected chi connectivity index (χ1v) is 9.76. The molecule has 0 heterocycles. The lowest BCUT2D eigenvalue weighted by Gasteiger charge is -2.03. The Balaban J connectivity index is 2.88. The van der Waals surface area contributed by atoms with Crippen molar-refractivity contribution >= 4 is 11.8 Å². The van der Waals surface area contributed by atoms with Crippen LogP contribution in [0.3, 0.4) is 0 Å². The average Bonchev–Trinajstić information content (AvgIpc) is 2.43. The summed E-state index contributed by atoms with van der Waals surface area (Å²) >= 11 is 2.15. The molecule has 0 aromatic heterocycles. The standard InChI is InChI=1S/C17H36OS/c1-2-3-4-5-7-10-13-16-19-17-14-11-8-6-9-12-15-18/h18H,2-17H2,1H3. The molecule has 0 aliphatic heterocycles. The number of unbranched alkanes of at least 4 members (excludes halogenated alkanes) is 11. The molecule has 0 bridgehead atoms. The molecule has 1 nitrogen and oxygen atoms in total. The fourth-order valence-electron chi connectivity index (χ4n) is 2.29. The predicted molar refractivity (Wildman–Crippen MR) is 90.1 cm³/mol. The fourth-order valence-corrected chi connectivity index (χ4v) is 3.31. The quantitative estimate of drug-likeness (QED) is 0.362. The first-order chi connectivity index (χ1) is 9.41. The number of aliphatic hydroxyl groups is 1. The number of hydrogen-bond acceptors (Lipinski definition) is 2. The number of aliphatic hydroxyl groups excluding tert-OH is 1. The summed E-state index contributed by atoms with van der Waals surface area (Å²) in [5.41, 5.74) is 0. The summed E-state index contributed by atoms with van der Waals surface area (Å²) in [4.78, 5) is 0. The highest BCUT2D eigenvalue weighted by molar-refractivity contribution is 7.99. The van der Waals surface area contributed by atoms with Gasteiger partial charge in [0.05, 0.1) is 0 Å². The van der Waals surface area contributed by atoms with Crippen molar-refractivity contribution in [2.75, 3.05) is 18.1 Å². The van der Waals surface area contributed by atoms with Gasteiger partial charge in [0.25, 0.3) is 0 Å². The first-order valence-electron chi connectivity index (χ1n) is 8.60. The topological polar surface area (TPSA) is 20.2 Å². The van der Waals surface area contributed by atoms with Crippen LogP contribution in [0.4, 0.5) is 0 Å². The van der Waals surface area contributed by atoms with Crippen LogP contribution in [0.5, 0.6) is 0 Å². The van der Waals surface area contributed by atoms with Crippen molar-refractivity contribution in [3.8, 4) is 0 Å². The van der Waals surface area contributed by atoms with Gasteiger partial charge in [0.2, 0.25) is 0 Å². The van der Waals surface area contributed by atoms with Gasteiger partial charge in [0, 0.05) is 6.61 Å². The monoisotopic (exact) mass is 288 g/mol. The molecule has 1 N–H and O–H groups in total. The minimum absolute atomic E-state index is 0.369. The molecule has 0 saturated heterocycles. The molecule has 0 aromatic rings. The zero-order chi connectivity index (χ0) is 14.0. The second kappa shape index (κ2) is 18.3. The van der Waals surface area contributed by atoms with E-state index in [4.69, 9.17) is 5.11 Å². The maximum absolute atomic E-state index is 8.67. The molecule has 0 radical (unpaired) electrons. The van der Waals surface area contributed by atoms with Crippen LogP contribution in [0.2, 0.25) is 0 Å². The van der Waals surface area contributed by atoms with Crippen LogP contribution in [0.1, 0.15) is 90.4 Å². The van der Waals surface area contributed by atoms with Gasteiger partial charge in [-0.3, -0.25) is 0 Å². The Hall–Kier alpha value is 0.310. The van der Waals surface area contributed by atoms with Gasteiger partial charge in [-0.1, -0.05) is 71.1 Å². The smallest absolute Gasteiger partial charge is 0.0431 e. The molecule has 0 spiro atoms. The molecule has 0 rings (SSSR count). The van der Waals surface area contributed by atoms with Crippen molar-refractivity contribution in [3.63, 3.8) is 0 Å². The molecule has 0 unspecified atom stereocenters. The van der Waals surface area contributed by atoms with Gasteiger partial charge >= 0.3 is 0 Å². The first kappa shape index (κ1) is 19.3. The van der Waals surface area contributed by atoms with Gasteiger partial charge in [0.1, 0.15) is 0 Å². The van der Waals surface area contributed by atoms with E-state index < -0.39 is 0 Å². The maximum Gasteiger partial charge on any atom is 0.0431 e. The third-order valence-corrected chi connectivity index (χ3v) is 4.74. The summed E-state index contributed by atoms with van der Waals surface area (Å²) in [5.74, 6) is 2.73. The van der Waals surface area contributed by atoms with Gasteiger partial charge in [0.15, 0.2) is 0 Å².